The lowest BCUT2D eigenvalue weighted by Crippen LogP contribution is -2.50. The largest absolute Gasteiger partial charge is 0.335 e. The summed E-state index contributed by atoms with van der Waals surface area (Å²) in [5.41, 5.74) is 1.70. The van der Waals surface area contributed by atoms with Crippen molar-refractivity contribution in [2.45, 2.75) is 6.92 Å². The Bertz CT molecular complexity index is 673. The number of piperazine rings is 1. The van der Waals surface area contributed by atoms with E-state index < -0.39 is 0 Å². The van der Waals surface area contributed by atoms with Crippen molar-refractivity contribution in [2.75, 3.05) is 26.2 Å². The Kier molecular flexibility index (Phi) is 4.76. The fraction of sp³-hybridized carbons (Fsp3) is 0.294. The zero-order chi connectivity index (χ0) is 17.1. The zero-order valence-corrected chi connectivity index (χ0v) is 14.0. The highest BCUT2D eigenvalue weighted by Gasteiger charge is 2.26. The summed E-state index contributed by atoms with van der Waals surface area (Å²) in [6.07, 6.45) is 3.07. The number of carbonyl (C=O) groups excluding carboxylic acids is 2. The summed E-state index contributed by atoms with van der Waals surface area (Å²) in [4.78, 5) is 36.5. The maximum Gasteiger partial charge on any atom is 0.274 e. The summed E-state index contributed by atoms with van der Waals surface area (Å²) >= 11 is 5.84. The molecule has 1 saturated heterocycles. The monoisotopic (exact) mass is 344 g/mol. The van der Waals surface area contributed by atoms with E-state index in [0.717, 1.165) is 5.69 Å². The van der Waals surface area contributed by atoms with Gasteiger partial charge < -0.3 is 9.80 Å². The summed E-state index contributed by atoms with van der Waals surface area (Å²) in [5.74, 6) is -0.199. The Balaban J connectivity index is 1.61. The van der Waals surface area contributed by atoms with Gasteiger partial charge in [-0.3, -0.25) is 14.6 Å². The molecule has 0 atom stereocenters. The van der Waals surface area contributed by atoms with Gasteiger partial charge in [0, 0.05) is 43.0 Å². The smallest absolute Gasteiger partial charge is 0.274 e. The van der Waals surface area contributed by atoms with E-state index in [9.17, 15) is 9.59 Å². The van der Waals surface area contributed by atoms with Crippen molar-refractivity contribution < 1.29 is 9.59 Å². The second kappa shape index (κ2) is 6.97. The van der Waals surface area contributed by atoms with Crippen molar-refractivity contribution in [1.82, 2.24) is 19.8 Å². The maximum absolute atomic E-state index is 12.5. The standard InChI is InChI=1S/C17H17ClN4O2/c1-12-10-20-15(11-19-12)17(24)22-8-6-21(7-9-22)16(23)13-2-4-14(18)5-3-13/h2-5,10-11H,6-9H2,1H3. The highest BCUT2D eigenvalue weighted by molar-refractivity contribution is 6.30. The number of hydrogen-bond acceptors (Lipinski definition) is 4. The third kappa shape index (κ3) is 3.54. The molecule has 1 aromatic heterocycles. The summed E-state index contributed by atoms with van der Waals surface area (Å²) in [6, 6.07) is 6.82. The molecule has 24 heavy (non-hydrogen) atoms. The minimum Gasteiger partial charge on any atom is -0.335 e. The number of amides is 2. The van der Waals surface area contributed by atoms with E-state index >= 15 is 0 Å². The first-order valence-electron chi connectivity index (χ1n) is 7.67. The van der Waals surface area contributed by atoms with Gasteiger partial charge in [0.15, 0.2) is 0 Å². The van der Waals surface area contributed by atoms with Crippen LogP contribution in [0.1, 0.15) is 26.5 Å². The molecular formula is C17H17ClN4O2. The molecule has 2 heterocycles. The van der Waals surface area contributed by atoms with Crippen LogP contribution in [-0.2, 0) is 0 Å². The molecule has 0 saturated carbocycles. The second-order valence-electron chi connectivity index (χ2n) is 5.63. The van der Waals surface area contributed by atoms with Gasteiger partial charge in [0.1, 0.15) is 5.69 Å². The predicted molar refractivity (Wildman–Crippen MR) is 90.0 cm³/mol. The summed E-state index contributed by atoms with van der Waals surface area (Å²) < 4.78 is 0. The first kappa shape index (κ1) is 16.4. The van der Waals surface area contributed by atoms with Crippen molar-refractivity contribution >= 4 is 23.4 Å². The van der Waals surface area contributed by atoms with Crippen molar-refractivity contribution in [3.63, 3.8) is 0 Å². The first-order chi connectivity index (χ1) is 11.5. The molecule has 1 fully saturated rings. The minimum atomic E-state index is -0.152. The lowest BCUT2D eigenvalue weighted by molar-refractivity contribution is 0.0532. The van der Waals surface area contributed by atoms with Crippen LogP contribution in [0.5, 0.6) is 0 Å². The SMILES string of the molecule is Cc1cnc(C(=O)N2CCN(C(=O)c3ccc(Cl)cc3)CC2)cn1. The summed E-state index contributed by atoms with van der Waals surface area (Å²) in [6.45, 7) is 3.77. The van der Waals surface area contributed by atoms with Crippen LogP contribution in [0.4, 0.5) is 0 Å². The number of nitrogens with zero attached hydrogens (tertiary/aromatic N) is 4. The van der Waals surface area contributed by atoms with Gasteiger partial charge in [-0.1, -0.05) is 11.6 Å². The van der Waals surface area contributed by atoms with Crippen LogP contribution >= 0.6 is 11.6 Å². The minimum absolute atomic E-state index is 0.0473. The highest BCUT2D eigenvalue weighted by atomic mass is 35.5. The number of benzene rings is 1. The van der Waals surface area contributed by atoms with Crippen LogP contribution in [0.25, 0.3) is 0 Å². The van der Waals surface area contributed by atoms with E-state index in [4.69, 9.17) is 11.6 Å². The maximum atomic E-state index is 12.5. The molecule has 6 nitrogen and oxygen atoms in total. The Hall–Kier alpha value is -2.47. The molecule has 1 aromatic carbocycles. The third-order valence-corrected chi connectivity index (χ3v) is 4.20. The molecule has 124 valence electrons. The number of halogens is 1. The van der Waals surface area contributed by atoms with Crippen molar-refractivity contribution in [3.8, 4) is 0 Å². The molecule has 0 radical (unpaired) electrons. The average Bonchev–Trinajstić information content (AvgIpc) is 2.62. The zero-order valence-electron chi connectivity index (χ0n) is 13.3. The van der Waals surface area contributed by atoms with E-state index in [2.05, 4.69) is 9.97 Å². The predicted octanol–water partition coefficient (Wildman–Crippen LogP) is 2.04. The molecule has 2 aromatic rings. The van der Waals surface area contributed by atoms with Crippen LogP contribution in [-0.4, -0.2) is 57.8 Å². The molecule has 0 bridgehead atoms. The fourth-order valence-electron chi connectivity index (χ4n) is 2.55. The van der Waals surface area contributed by atoms with Gasteiger partial charge in [-0.25, -0.2) is 4.98 Å². The Labute approximate surface area is 145 Å². The molecule has 0 spiro atoms. The van der Waals surface area contributed by atoms with E-state index in [0.29, 0.717) is 42.5 Å². The van der Waals surface area contributed by atoms with Crippen LogP contribution < -0.4 is 0 Å². The quantitative estimate of drug-likeness (QED) is 0.836. The average molecular weight is 345 g/mol. The van der Waals surface area contributed by atoms with Gasteiger partial charge in [-0.15, -0.1) is 0 Å². The first-order valence-corrected chi connectivity index (χ1v) is 8.05. The summed E-state index contributed by atoms with van der Waals surface area (Å²) in [7, 11) is 0. The van der Waals surface area contributed by atoms with Gasteiger partial charge >= 0.3 is 0 Å². The number of hydrogen-bond donors (Lipinski definition) is 0. The molecule has 0 aliphatic carbocycles. The van der Waals surface area contributed by atoms with Crippen molar-refractivity contribution in [3.05, 3.63) is 58.6 Å². The molecule has 0 N–H and O–H groups in total. The van der Waals surface area contributed by atoms with Crippen molar-refractivity contribution in [1.29, 1.82) is 0 Å². The normalized spacial score (nSPS) is 14.6. The molecule has 1 aliphatic rings. The van der Waals surface area contributed by atoms with Gasteiger partial charge in [0.05, 0.1) is 11.9 Å². The molecular weight excluding hydrogens is 328 g/mol. The summed E-state index contributed by atoms with van der Waals surface area (Å²) in [5, 5.41) is 0.598. The van der Waals surface area contributed by atoms with E-state index in [1.54, 1.807) is 40.3 Å². The molecule has 1 aliphatic heterocycles. The Morgan fingerprint density at radius 3 is 2.04 bits per heavy atom. The Morgan fingerprint density at radius 1 is 0.917 bits per heavy atom. The van der Waals surface area contributed by atoms with Crippen molar-refractivity contribution in [2.24, 2.45) is 0 Å². The lowest BCUT2D eigenvalue weighted by atomic mass is 10.2. The van der Waals surface area contributed by atoms with Crippen LogP contribution in [0, 0.1) is 6.92 Å². The van der Waals surface area contributed by atoms with Gasteiger partial charge in [-0.2, -0.15) is 0 Å². The van der Waals surface area contributed by atoms with E-state index in [1.807, 2.05) is 6.92 Å². The van der Waals surface area contributed by atoms with Crippen LogP contribution in [0.15, 0.2) is 36.7 Å². The lowest BCUT2D eigenvalue weighted by Gasteiger charge is -2.34. The molecule has 7 heteroatoms. The Morgan fingerprint density at radius 2 is 1.50 bits per heavy atom. The highest BCUT2D eigenvalue weighted by Crippen LogP contribution is 2.14. The van der Waals surface area contributed by atoms with E-state index in [1.165, 1.54) is 6.20 Å². The van der Waals surface area contributed by atoms with Crippen LogP contribution in [0.2, 0.25) is 5.02 Å². The van der Waals surface area contributed by atoms with E-state index in [-0.39, 0.29) is 11.8 Å². The van der Waals surface area contributed by atoms with Gasteiger partial charge in [0.2, 0.25) is 0 Å². The van der Waals surface area contributed by atoms with Gasteiger partial charge in [-0.05, 0) is 31.2 Å². The van der Waals surface area contributed by atoms with Gasteiger partial charge in [0.25, 0.3) is 11.8 Å². The van der Waals surface area contributed by atoms with Crippen LogP contribution in [0.3, 0.4) is 0 Å². The topological polar surface area (TPSA) is 66.4 Å². The number of aromatic nitrogens is 2. The third-order valence-electron chi connectivity index (χ3n) is 3.95. The molecule has 0 unspecified atom stereocenters. The second-order valence-corrected chi connectivity index (χ2v) is 6.07. The number of rotatable bonds is 2. The fourth-order valence-corrected chi connectivity index (χ4v) is 2.68. The molecule has 3 rings (SSSR count). The number of carbonyl (C=O) groups is 2. The number of aryl methyl sites for hydroxylation is 1. The molecule has 2 amide bonds.